The summed E-state index contributed by atoms with van der Waals surface area (Å²) in [6.45, 7) is 7.59. The van der Waals surface area contributed by atoms with Gasteiger partial charge in [0.15, 0.2) is 6.10 Å². The molecule has 0 aliphatic carbocycles. The molecule has 402 valence electrons. The van der Waals surface area contributed by atoms with Crippen molar-refractivity contribution in [1.29, 1.82) is 0 Å². The highest BCUT2D eigenvalue weighted by Crippen LogP contribution is 2.15. The van der Waals surface area contributed by atoms with Crippen LogP contribution in [0.3, 0.4) is 0 Å². The lowest BCUT2D eigenvalue weighted by molar-refractivity contribution is -0.163. The van der Waals surface area contributed by atoms with Gasteiger partial charge in [-0.25, -0.2) is 0 Å². The first-order valence-corrected chi connectivity index (χ1v) is 29.8. The van der Waals surface area contributed by atoms with Crippen LogP contribution in [0.1, 0.15) is 278 Å². The molecular formula is C65H112O5. The Morgan fingerprint density at radius 2 is 0.643 bits per heavy atom. The molecule has 0 radical (unpaired) electrons. The number of hydrogen-bond acceptors (Lipinski definition) is 5. The zero-order valence-corrected chi connectivity index (χ0v) is 46.3. The minimum Gasteiger partial charge on any atom is -0.462 e. The minimum absolute atomic E-state index is 0.0688. The summed E-state index contributed by atoms with van der Waals surface area (Å²) in [6.07, 6.45) is 81.4. The average Bonchev–Trinajstić information content (AvgIpc) is 3.36. The Kier molecular flexibility index (Phi) is 57.4. The van der Waals surface area contributed by atoms with E-state index >= 15 is 0 Å². The fraction of sp³-hybridized carbons (Fsp3) is 0.723. The largest absolute Gasteiger partial charge is 0.462 e. The maximum absolute atomic E-state index is 12.9. The first kappa shape index (κ1) is 66.8. The summed E-state index contributed by atoms with van der Waals surface area (Å²) in [7, 11) is 0. The first-order chi connectivity index (χ1) is 34.6. The summed E-state index contributed by atoms with van der Waals surface area (Å²) in [5.74, 6) is -0.422. The third kappa shape index (κ3) is 57.4. The van der Waals surface area contributed by atoms with Crippen LogP contribution in [0, 0.1) is 0 Å². The zero-order valence-electron chi connectivity index (χ0n) is 46.3. The lowest BCUT2D eigenvalue weighted by Crippen LogP contribution is -2.30. The van der Waals surface area contributed by atoms with Gasteiger partial charge in [-0.05, 0) is 116 Å². The molecule has 0 amide bonds. The lowest BCUT2D eigenvalue weighted by atomic mass is 10.1. The molecule has 1 atom stereocenters. The van der Waals surface area contributed by atoms with Gasteiger partial charge in [-0.15, -0.1) is 0 Å². The van der Waals surface area contributed by atoms with E-state index in [0.717, 1.165) is 109 Å². The SMILES string of the molecule is CC/C=C\C/C=C\C/C=C\C/C=C\CCCCCCCCC(=O)OCC(COCCCCCCCCCC/C=C\CCCCCCCC)OC(=O)CCCCCCCCC/C=C\C/C=C\C/C=C\CC. The Morgan fingerprint density at radius 1 is 0.329 bits per heavy atom. The molecule has 0 aliphatic rings. The molecule has 70 heavy (non-hydrogen) atoms. The van der Waals surface area contributed by atoms with Gasteiger partial charge in [-0.1, -0.05) is 246 Å². The fourth-order valence-corrected chi connectivity index (χ4v) is 8.22. The number of rotatable bonds is 54. The van der Waals surface area contributed by atoms with Crippen LogP contribution >= 0.6 is 0 Å². The van der Waals surface area contributed by atoms with Gasteiger partial charge in [-0.2, -0.15) is 0 Å². The van der Waals surface area contributed by atoms with Crippen molar-refractivity contribution in [3.63, 3.8) is 0 Å². The Morgan fingerprint density at radius 3 is 1.04 bits per heavy atom. The average molecular weight is 974 g/mol. The van der Waals surface area contributed by atoms with E-state index in [4.69, 9.17) is 14.2 Å². The smallest absolute Gasteiger partial charge is 0.306 e. The monoisotopic (exact) mass is 973 g/mol. The molecule has 0 aromatic heterocycles. The molecule has 5 heteroatoms. The molecule has 0 heterocycles. The zero-order chi connectivity index (χ0) is 50.6. The van der Waals surface area contributed by atoms with Crippen LogP contribution < -0.4 is 0 Å². The molecule has 0 saturated carbocycles. The Hall–Kier alpha value is -3.18. The lowest BCUT2D eigenvalue weighted by Gasteiger charge is -2.18. The van der Waals surface area contributed by atoms with Crippen LogP contribution in [0.5, 0.6) is 0 Å². The number of unbranched alkanes of at least 4 members (excludes halogenated alkanes) is 27. The molecule has 0 rings (SSSR count). The van der Waals surface area contributed by atoms with Gasteiger partial charge in [0.05, 0.1) is 6.61 Å². The third-order valence-corrected chi connectivity index (χ3v) is 12.6. The molecule has 0 saturated heterocycles. The van der Waals surface area contributed by atoms with Crippen molar-refractivity contribution in [2.45, 2.75) is 284 Å². The molecule has 0 N–H and O–H groups in total. The van der Waals surface area contributed by atoms with Gasteiger partial charge in [0, 0.05) is 19.4 Å². The van der Waals surface area contributed by atoms with Gasteiger partial charge in [0.25, 0.3) is 0 Å². The van der Waals surface area contributed by atoms with Crippen molar-refractivity contribution in [3.05, 3.63) is 97.2 Å². The summed E-state index contributed by atoms with van der Waals surface area (Å²) in [5.41, 5.74) is 0. The van der Waals surface area contributed by atoms with E-state index in [1.165, 1.54) is 135 Å². The number of carbonyl (C=O) groups excluding carboxylic acids is 2. The number of carbonyl (C=O) groups is 2. The predicted octanol–water partition coefficient (Wildman–Crippen LogP) is 20.6. The standard InChI is InChI=1S/C65H112O5/c1-4-7-10-13-16-19-22-25-28-31-33-35-37-40-43-46-49-52-55-58-64(66)69-62-63(61-68-60-57-54-51-48-45-42-39-36-32-29-26-23-20-17-14-11-8-5-2)70-65(67)59-56-53-50-47-44-41-38-34-30-27-24-21-18-15-12-9-6-3/h7,9-10,12,16,18-19,21,25-30,33,35,63H,4-6,8,11,13-15,17,20,22-24,31-32,34,36-62H2,1-3H3/b10-7-,12-9-,19-16-,21-18-,28-25-,29-26-,30-27-,35-33-. The maximum atomic E-state index is 12.9. The Bertz CT molecular complexity index is 1330. The quantitative estimate of drug-likeness (QED) is 0.0345. The Balaban J connectivity index is 4.33. The topological polar surface area (TPSA) is 61.8 Å². The van der Waals surface area contributed by atoms with E-state index in [9.17, 15) is 9.59 Å². The molecule has 0 fully saturated rings. The van der Waals surface area contributed by atoms with Crippen molar-refractivity contribution in [2.24, 2.45) is 0 Å². The van der Waals surface area contributed by atoms with E-state index in [-0.39, 0.29) is 25.2 Å². The van der Waals surface area contributed by atoms with E-state index in [1.807, 2.05) is 0 Å². The van der Waals surface area contributed by atoms with Crippen LogP contribution in [0.2, 0.25) is 0 Å². The third-order valence-electron chi connectivity index (χ3n) is 12.6. The van der Waals surface area contributed by atoms with Crippen molar-refractivity contribution < 1.29 is 23.8 Å². The van der Waals surface area contributed by atoms with Crippen molar-refractivity contribution in [2.75, 3.05) is 19.8 Å². The van der Waals surface area contributed by atoms with Crippen LogP contribution in [0.15, 0.2) is 97.2 Å². The minimum atomic E-state index is -0.555. The second-order valence-corrected chi connectivity index (χ2v) is 19.5. The highest BCUT2D eigenvalue weighted by Gasteiger charge is 2.17. The second kappa shape index (κ2) is 60.1. The van der Waals surface area contributed by atoms with E-state index in [1.54, 1.807) is 0 Å². The number of ether oxygens (including phenoxy) is 3. The Labute approximate surface area is 434 Å². The molecule has 0 aliphatic heterocycles. The van der Waals surface area contributed by atoms with Gasteiger partial charge in [0.1, 0.15) is 6.61 Å². The molecular weight excluding hydrogens is 861 g/mol. The van der Waals surface area contributed by atoms with Crippen LogP contribution in [-0.2, 0) is 23.8 Å². The summed E-state index contributed by atoms with van der Waals surface area (Å²) < 4.78 is 17.5. The summed E-state index contributed by atoms with van der Waals surface area (Å²) in [5, 5.41) is 0. The first-order valence-electron chi connectivity index (χ1n) is 29.8. The van der Waals surface area contributed by atoms with Crippen LogP contribution in [0.25, 0.3) is 0 Å². The van der Waals surface area contributed by atoms with E-state index in [2.05, 4.69) is 118 Å². The van der Waals surface area contributed by atoms with Gasteiger partial charge >= 0.3 is 11.9 Å². The van der Waals surface area contributed by atoms with Crippen LogP contribution in [0.4, 0.5) is 0 Å². The summed E-state index contributed by atoms with van der Waals surface area (Å²) >= 11 is 0. The summed E-state index contributed by atoms with van der Waals surface area (Å²) in [4.78, 5) is 25.6. The second-order valence-electron chi connectivity index (χ2n) is 19.5. The summed E-state index contributed by atoms with van der Waals surface area (Å²) in [6, 6.07) is 0. The van der Waals surface area contributed by atoms with E-state index < -0.39 is 6.10 Å². The molecule has 0 bridgehead atoms. The van der Waals surface area contributed by atoms with Crippen LogP contribution in [-0.4, -0.2) is 37.9 Å². The van der Waals surface area contributed by atoms with Gasteiger partial charge in [0.2, 0.25) is 0 Å². The fourth-order valence-electron chi connectivity index (χ4n) is 8.22. The molecule has 1 unspecified atom stereocenters. The van der Waals surface area contributed by atoms with E-state index in [0.29, 0.717) is 19.4 Å². The number of hydrogen-bond donors (Lipinski definition) is 0. The highest BCUT2D eigenvalue weighted by atomic mass is 16.6. The highest BCUT2D eigenvalue weighted by molar-refractivity contribution is 5.70. The molecule has 0 spiro atoms. The number of esters is 2. The molecule has 0 aromatic rings. The normalized spacial score (nSPS) is 12.9. The molecule has 0 aromatic carbocycles. The molecule has 5 nitrogen and oxygen atoms in total. The number of allylic oxidation sites excluding steroid dienone is 16. The van der Waals surface area contributed by atoms with Gasteiger partial charge < -0.3 is 14.2 Å². The predicted molar refractivity (Wildman–Crippen MR) is 306 cm³/mol. The van der Waals surface area contributed by atoms with Crippen molar-refractivity contribution in [3.8, 4) is 0 Å². The van der Waals surface area contributed by atoms with Gasteiger partial charge in [-0.3, -0.25) is 9.59 Å². The maximum Gasteiger partial charge on any atom is 0.306 e. The van der Waals surface area contributed by atoms with Crippen molar-refractivity contribution >= 4 is 11.9 Å². The van der Waals surface area contributed by atoms with Crippen molar-refractivity contribution in [1.82, 2.24) is 0 Å².